The highest BCUT2D eigenvalue weighted by molar-refractivity contribution is 8.00. The molecule has 2 N–H and O–H groups in total. The molecular weight excluding hydrogens is 360 g/mol. The Balaban J connectivity index is 1.81. The van der Waals surface area contributed by atoms with Crippen molar-refractivity contribution in [1.29, 1.82) is 0 Å². The van der Waals surface area contributed by atoms with Crippen LogP contribution < -0.4 is 5.73 Å². The van der Waals surface area contributed by atoms with Crippen LogP contribution in [0.5, 0.6) is 0 Å². The van der Waals surface area contributed by atoms with Gasteiger partial charge in [-0.2, -0.15) is 0 Å². The number of carbonyl (C=O) groups is 2. The summed E-state index contributed by atoms with van der Waals surface area (Å²) in [5, 5.41) is 8.99. The molecule has 1 aromatic carbocycles. The van der Waals surface area contributed by atoms with E-state index in [1.54, 1.807) is 0 Å². The lowest BCUT2D eigenvalue weighted by molar-refractivity contribution is -0.118. The molecule has 1 saturated carbocycles. The number of aryl methyl sites for hydroxylation is 3. The Labute approximate surface area is 163 Å². The third kappa shape index (κ3) is 4.40. The van der Waals surface area contributed by atoms with Crippen LogP contribution in [0.25, 0.3) is 0 Å². The quantitative estimate of drug-likeness (QED) is 0.555. The summed E-state index contributed by atoms with van der Waals surface area (Å²) in [7, 11) is 0. The predicted molar refractivity (Wildman–Crippen MR) is 106 cm³/mol. The first kappa shape index (κ1) is 19.6. The van der Waals surface area contributed by atoms with Crippen molar-refractivity contribution in [3.8, 4) is 0 Å². The number of thioether (sulfide) groups is 1. The molecule has 0 aliphatic heterocycles. The lowest BCUT2D eigenvalue weighted by Crippen LogP contribution is -2.18. The Morgan fingerprint density at radius 2 is 1.85 bits per heavy atom. The molecule has 1 atom stereocenters. The zero-order chi connectivity index (χ0) is 19.7. The van der Waals surface area contributed by atoms with Crippen molar-refractivity contribution in [3.05, 3.63) is 40.2 Å². The number of nitrogens with two attached hydrogens (primary N) is 1. The summed E-state index contributed by atoms with van der Waals surface area (Å²) >= 11 is 1.40. The van der Waals surface area contributed by atoms with Gasteiger partial charge in [0.05, 0.1) is 5.25 Å². The highest BCUT2D eigenvalue weighted by Crippen LogP contribution is 2.40. The van der Waals surface area contributed by atoms with E-state index in [9.17, 15) is 9.59 Å². The fourth-order valence-electron chi connectivity index (χ4n) is 3.12. The predicted octanol–water partition coefficient (Wildman–Crippen LogP) is 3.32. The number of primary amides is 1. The van der Waals surface area contributed by atoms with Crippen molar-refractivity contribution in [3.63, 3.8) is 0 Å². The number of amides is 1. The van der Waals surface area contributed by atoms with Gasteiger partial charge in [0.2, 0.25) is 5.91 Å². The van der Waals surface area contributed by atoms with E-state index in [0.29, 0.717) is 17.6 Å². The van der Waals surface area contributed by atoms with E-state index in [4.69, 9.17) is 5.73 Å². The van der Waals surface area contributed by atoms with Crippen molar-refractivity contribution < 1.29 is 9.59 Å². The Hall–Kier alpha value is -2.15. The number of rotatable bonds is 8. The van der Waals surface area contributed by atoms with Crippen LogP contribution >= 0.6 is 11.8 Å². The summed E-state index contributed by atoms with van der Waals surface area (Å²) < 4.78 is 1.96. The fraction of sp³-hybridized carbons (Fsp3) is 0.500. The standard InChI is InChI=1S/C20H26N4O2S/c1-11-9-13(3)16(10-12(11)2)18(26)14(4)27-20-23-22-19(15-5-6-15)24(20)8-7-17(21)25/h9-10,14-15H,5-8H2,1-4H3,(H2,21,25)/t14-/m1/s1. The second-order valence-electron chi connectivity index (χ2n) is 7.36. The zero-order valence-corrected chi connectivity index (χ0v) is 17.1. The van der Waals surface area contributed by atoms with E-state index in [2.05, 4.69) is 23.2 Å². The first-order valence-corrected chi connectivity index (χ1v) is 10.2. The SMILES string of the molecule is Cc1cc(C)c(C(=O)[C@@H](C)Sc2nnc(C3CC3)n2CCC(N)=O)cc1C. The second kappa shape index (κ2) is 7.84. The fourth-order valence-corrected chi connectivity index (χ4v) is 4.07. The molecule has 3 rings (SSSR count). The monoisotopic (exact) mass is 386 g/mol. The van der Waals surface area contributed by atoms with Crippen LogP contribution in [-0.4, -0.2) is 31.7 Å². The molecule has 0 unspecified atom stereocenters. The topological polar surface area (TPSA) is 90.9 Å². The third-order valence-electron chi connectivity index (χ3n) is 5.03. The minimum Gasteiger partial charge on any atom is -0.370 e. The normalized spacial score (nSPS) is 15.0. The molecule has 7 heteroatoms. The van der Waals surface area contributed by atoms with E-state index >= 15 is 0 Å². The number of Topliss-reactive ketones (excluding diaryl/α,β-unsaturated/α-hetero) is 1. The van der Waals surface area contributed by atoms with Crippen molar-refractivity contribution in [2.45, 2.75) is 69.8 Å². The van der Waals surface area contributed by atoms with Crippen molar-refractivity contribution in [2.24, 2.45) is 5.73 Å². The maximum absolute atomic E-state index is 13.0. The van der Waals surface area contributed by atoms with Crippen molar-refractivity contribution >= 4 is 23.5 Å². The molecule has 27 heavy (non-hydrogen) atoms. The van der Waals surface area contributed by atoms with E-state index in [0.717, 1.165) is 35.4 Å². The maximum atomic E-state index is 13.0. The summed E-state index contributed by atoms with van der Waals surface area (Å²) in [5.41, 5.74) is 9.36. The number of hydrogen-bond acceptors (Lipinski definition) is 5. The number of ketones is 1. The van der Waals surface area contributed by atoms with Crippen molar-refractivity contribution in [2.75, 3.05) is 0 Å². The summed E-state index contributed by atoms with van der Waals surface area (Å²) in [6.45, 7) is 8.39. The second-order valence-corrected chi connectivity index (χ2v) is 8.67. The average Bonchev–Trinajstić information content (AvgIpc) is 3.37. The molecule has 6 nitrogen and oxygen atoms in total. The summed E-state index contributed by atoms with van der Waals surface area (Å²) in [4.78, 5) is 24.2. The number of carbonyl (C=O) groups excluding carboxylic acids is 2. The minimum absolute atomic E-state index is 0.0815. The van der Waals surface area contributed by atoms with Gasteiger partial charge in [-0.15, -0.1) is 10.2 Å². The van der Waals surface area contributed by atoms with Gasteiger partial charge in [-0.25, -0.2) is 0 Å². The highest BCUT2D eigenvalue weighted by atomic mass is 32.2. The van der Waals surface area contributed by atoms with Crippen LogP contribution in [0.2, 0.25) is 0 Å². The molecule has 0 bridgehead atoms. The van der Waals surface area contributed by atoms with Crippen LogP contribution in [0.3, 0.4) is 0 Å². The molecule has 0 radical (unpaired) electrons. The van der Waals surface area contributed by atoms with E-state index < -0.39 is 0 Å². The lowest BCUT2D eigenvalue weighted by atomic mass is 9.97. The van der Waals surface area contributed by atoms with Crippen molar-refractivity contribution in [1.82, 2.24) is 14.8 Å². The Morgan fingerprint density at radius 3 is 2.48 bits per heavy atom. The number of hydrogen-bond donors (Lipinski definition) is 1. The summed E-state index contributed by atoms with van der Waals surface area (Å²) in [5.74, 6) is 1.04. The van der Waals surface area contributed by atoms with Crippen LogP contribution in [0.15, 0.2) is 17.3 Å². The van der Waals surface area contributed by atoms with Crippen LogP contribution in [0.4, 0.5) is 0 Å². The number of benzene rings is 1. The number of aromatic nitrogens is 3. The Bertz CT molecular complexity index is 886. The molecular formula is C20H26N4O2S. The molecule has 1 fully saturated rings. The lowest BCUT2D eigenvalue weighted by Gasteiger charge is -2.15. The first-order chi connectivity index (χ1) is 12.8. The Morgan fingerprint density at radius 1 is 1.19 bits per heavy atom. The van der Waals surface area contributed by atoms with Gasteiger partial charge in [-0.05, 0) is 63.3 Å². The largest absolute Gasteiger partial charge is 0.370 e. The van der Waals surface area contributed by atoms with Gasteiger partial charge in [-0.1, -0.05) is 17.8 Å². The highest BCUT2D eigenvalue weighted by Gasteiger charge is 2.31. The van der Waals surface area contributed by atoms with Gasteiger partial charge in [0.25, 0.3) is 0 Å². The van der Waals surface area contributed by atoms with Crippen LogP contribution in [0, 0.1) is 20.8 Å². The molecule has 144 valence electrons. The molecule has 0 saturated heterocycles. The smallest absolute Gasteiger partial charge is 0.219 e. The summed E-state index contributed by atoms with van der Waals surface area (Å²) in [6, 6.07) is 4.03. The van der Waals surface area contributed by atoms with Crippen LogP contribution in [0.1, 0.15) is 65.0 Å². The van der Waals surface area contributed by atoms with Gasteiger partial charge in [0, 0.05) is 24.4 Å². The maximum Gasteiger partial charge on any atom is 0.219 e. The Kier molecular flexibility index (Phi) is 5.69. The van der Waals surface area contributed by atoms with E-state index in [-0.39, 0.29) is 23.4 Å². The van der Waals surface area contributed by atoms with Crippen LogP contribution in [-0.2, 0) is 11.3 Å². The van der Waals surface area contributed by atoms with E-state index in [1.165, 1.54) is 17.3 Å². The molecule has 1 aliphatic carbocycles. The zero-order valence-electron chi connectivity index (χ0n) is 16.3. The summed E-state index contributed by atoms with van der Waals surface area (Å²) in [6.07, 6.45) is 2.43. The molecule has 2 aromatic rings. The van der Waals surface area contributed by atoms with Gasteiger partial charge in [-0.3, -0.25) is 9.59 Å². The van der Waals surface area contributed by atoms with Gasteiger partial charge >= 0.3 is 0 Å². The third-order valence-corrected chi connectivity index (χ3v) is 6.11. The number of nitrogens with zero attached hydrogens (tertiary/aromatic N) is 3. The average molecular weight is 387 g/mol. The molecule has 0 spiro atoms. The molecule has 1 amide bonds. The minimum atomic E-state index is -0.351. The molecule has 1 aromatic heterocycles. The first-order valence-electron chi connectivity index (χ1n) is 9.28. The van der Waals surface area contributed by atoms with Gasteiger partial charge in [0.1, 0.15) is 5.82 Å². The van der Waals surface area contributed by atoms with Gasteiger partial charge < -0.3 is 10.3 Å². The van der Waals surface area contributed by atoms with E-state index in [1.807, 2.05) is 31.4 Å². The molecule has 1 heterocycles. The van der Waals surface area contributed by atoms with Gasteiger partial charge in [0.15, 0.2) is 10.9 Å². The molecule has 1 aliphatic rings.